The predicted octanol–water partition coefficient (Wildman–Crippen LogP) is 4.34. The van der Waals surface area contributed by atoms with E-state index in [2.05, 4.69) is 0 Å². The van der Waals surface area contributed by atoms with Crippen LogP contribution in [0.15, 0.2) is 42.5 Å². The molecule has 25 heavy (non-hydrogen) atoms. The number of carbonyl (C=O) groups excluding carboxylic acids is 1. The second-order valence-electron chi connectivity index (χ2n) is 4.97. The molecule has 0 aliphatic carbocycles. The standard InChI is InChI=1S/C18H13F3O4/c1-2-3-4-15(22)25-14-8-5-10(18(23)24)9-12(14)11-6-7-13(19)17(21)16(11)20/h3-9H,2H2,1H3,(H,23,24). The van der Waals surface area contributed by atoms with Gasteiger partial charge in [0.15, 0.2) is 17.5 Å². The number of ether oxygens (including phenoxy) is 1. The Hall–Kier alpha value is -3.09. The average Bonchev–Trinajstić information content (AvgIpc) is 2.58. The first kappa shape index (κ1) is 18.3. The summed E-state index contributed by atoms with van der Waals surface area (Å²) in [4.78, 5) is 22.8. The van der Waals surface area contributed by atoms with Gasteiger partial charge in [0.25, 0.3) is 0 Å². The summed E-state index contributed by atoms with van der Waals surface area (Å²) in [6.07, 6.45) is 3.26. The largest absolute Gasteiger partial charge is 0.478 e. The van der Waals surface area contributed by atoms with E-state index in [-0.39, 0.29) is 16.9 Å². The molecular weight excluding hydrogens is 337 g/mol. The van der Waals surface area contributed by atoms with Crippen molar-refractivity contribution in [2.24, 2.45) is 0 Å². The van der Waals surface area contributed by atoms with Crippen LogP contribution in [-0.2, 0) is 4.79 Å². The third-order valence-corrected chi connectivity index (χ3v) is 3.25. The SMILES string of the molecule is CCC=CC(=O)Oc1ccc(C(=O)O)cc1-c1ccc(F)c(F)c1F. The highest BCUT2D eigenvalue weighted by molar-refractivity contribution is 5.92. The molecule has 0 spiro atoms. The summed E-state index contributed by atoms with van der Waals surface area (Å²) < 4.78 is 45.8. The van der Waals surface area contributed by atoms with Gasteiger partial charge in [-0.15, -0.1) is 0 Å². The second-order valence-corrected chi connectivity index (χ2v) is 4.97. The smallest absolute Gasteiger partial charge is 0.335 e. The summed E-state index contributed by atoms with van der Waals surface area (Å²) in [5.41, 5.74) is -0.846. The van der Waals surface area contributed by atoms with Crippen LogP contribution in [0.2, 0.25) is 0 Å². The molecule has 0 amide bonds. The Labute approximate surface area is 141 Å². The molecule has 0 radical (unpaired) electrons. The fraction of sp³-hybridized carbons (Fsp3) is 0.111. The summed E-state index contributed by atoms with van der Waals surface area (Å²) >= 11 is 0. The van der Waals surface area contributed by atoms with Crippen LogP contribution < -0.4 is 4.74 Å². The number of halogens is 3. The van der Waals surface area contributed by atoms with E-state index in [1.54, 1.807) is 6.92 Å². The maximum absolute atomic E-state index is 14.1. The lowest BCUT2D eigenvalue weighted by molar-refractivity contribution is -0.128. The van der Waals surface area contributed by atoms with E-state index in [9.17, 15) is 22.8 Å². The Morgan fingerprint density at radius 2 is 1.80 bits per heavy atom. The lowest BCUT2D eigenvalue weighted by Crippen LogP contribution is -2.07. The van der Waals surface area contributed by atoms with Crippen molar-refractivity contribution in [3.63, 3.8) is 0 Å². The minimum absolute atomic E-state index is 0.180. The number of hydrogen-bond donors (Lipinski definition) is 1. The van der Waals surface area contributed by atoms with Crippen molar-refractivity contribution in [3.05, 3.63) is 65.5 Å². The van der Waals surface area contributed by atoms with Gasteiger partial charge in [0.1, 0.15) is 5.75 Å². The minimum atomic E-state index is -1.71. The quantitative estimate of drug-likeness (QED) is 0.377. The molecule has 0 atom stereocenters. The van der Waals surface area contributed by atoms with Gasteiger partial charge in [-0.1, -0.05) is 13.0 Å². The molecule has 130 valence electrons. The van der Waals surface area contributed by atoms with Gasteiger partial charge in [-0.05, 0) is 36.8 Å². The molecule has 2 rings (SSSR count). The van der Waals surface area contributed by atoms with Gasteiger partial charge in [0, 0.05) is 17.2 Å². The molecule has 0 aliphatic rings. The van der Waals surface area contributed by atoms with Gasteiger partial charge in [-0.25, -0.2) is 22.8 Å². The van der Waals surface area contributed by atoms with Crippen LogP contribution in [0.3, 0.4) is 0 Å². The van der Waals surface area contributed by atoms with Crippen molar-refractivity contribution in [1.82, 2.24) is 0 Å². The summed E-state index contributed by atoms with van der Waals surface area (Å²) in [6, 6.07) is 4.95. The highest BCUT2D eigenvalue weighted by Crippen LogP contribution is 2.34. The van der Waals surface area contributed by atoms with E-state index in [1.165, 1.54) is 6.08 Å². The number of esters is 1. The van der Waals surface area contributed by atoms with Gasteiger partial charge in [0.05, 0.1) is 5.56 Å². The summed E-state index contributed by atoms with van der Waals surface area (Å²) in [5, 5.41) is 9.07. The number of hydrogen-bond acceptors (Lipinski definition) is 3. The molecule has 1 N–H and O–H groups in total. The summed E-state index contributed by atoms with van der Waals surface area (Å²) in [7, 11) is 0. The summed E-state index contributed by atoms with van der Waals surface area (Å²) in [5.74, 6) is -6.87. The number of allylic oxidation sites excluding steroid dienone is 1. The third kappa shape index (κ3) is 4.06. The highest BCUT2D eigenvalue weighted by atomic mass is 19.2. The molecule has 0 saturated heterocycles. The van der Waals surface area contributed by atoms with Crippen molar-refractivity contribution in [3.8, 4) is 16.9 Å². The molecule has 0 unspecified atom stereocenters. The molecule has 2 aromatic carbocycles. The van der Waals surface area contributed by atoms with Crippen molar-refractivity contribution in [1.29, 1.82) is 0 Å². The van der Waals surface area contributed by atoms with E-state index >= 15 is 0 Å². The fourth-order valence-corrected chi connectivity index (χ4v) is 2.05. The molecular formula is C18H13F3O4. The van der Waals surface area contributed by atoms with Crippen LogP contribution in [0.25, 0.3) is 11.1 Å². The molecule has 0 aromatic heterocycles. The Morgan fingerprint density at radius 1 is 1.08 bits per heavy atom. The van der Waals surface area contributed by atoms with Gasteiger partial charge >= 0.3 is 11.9 Å². The van der Waals surface area contributed by atoms with Crippen LogP contribution in [0.4, 0.5) is 13.2 Å². The molecule has 0 bridgehead atoms. The molecule has 0 fully saturated rings. The van der Waals surface area contributed by atoms with E-state index in [0.717, 1.165) is 30.3 Å². The Kier molecular flexibility index (Phi) is 5.59. The molecule has 0 aliphatic heterocycles. The minimum Gasteiger partial charge on any atom is -0.478 e. The average molecular weight is 350 g/mol. The number of carbonyl (C=O) groups is 2. The number of carboxylic acids is 1. The number of aromatic carboxylic acids is 1. The third-order valence-electron chi connectivity index (χ3n) is 3.25. The van der Waals surface area contributed by atoms with E-state index in [0.29, 0.717) is 12.5 Å². The maximum atomic E-state index is 14.1. The molecule has 0 saturated carbocycles. The van der Waals surface area contributed by atoms with Gasteiger partial charge < -0.3 is 9.84 Å². The fourth-order valence-electron chi connectivity index (χ4n) is 2.05. The highest BCUT2D eigenvalue weighted by Gasteiger charge is 2.20. The van der Waals surface area contributed by atoms with Gasteiger partial charge in [-0.2, -0.15) is 0 Å². The Bertz CT molecular complexity index is 860. The molecule has 4 nitrogen and oxygen atoms in total. The molecule has 7 heteroatoms. The first-order valence-electron chi connectivity index (χ1n) is 7.24. The lowest BCUT2D eigenvalue weighted by Gasteiger charge is -2.12. The van der Waals surface area contributed by atoms with E-state index < -0.39 is 35.0 Å². The monoisotopic (exact) mass is 350 g/mol. The Morgan fingerprint density at radius 3 is 2.44 bits per heavy atom. The summed E-state index contributed by atoms with van der Waals surface area (Å²) in [6.45, 7) is 1.80. The van der Waals surface area contributed by atoms with E-state index in [1.807, 2.05) is 0 Å². The van der Waals surface area contributed by atoms with Crippen LogP contribution in [-0.4, -0.2) is 17.0 Å². The molecule has 2 aromatic rings. The zero-order valence-corrected chi connectivity index (χ0v) is 13.1. The zero-order valence-electron chi connectivity index (χ0n) is 13.1. The van der Waals surface area contributed by atoms with Crippen molar-refractivity contribution >= 4 is 11.9 Å². The zero-order chi connectivity index (χ0) is 18.6. The number of carboxylic acid groups (broad SMARTS) is 1. The van der Waals surface area contributed by atoms with Crippen molar-refractivity contribution in [2.45, 2.75) is 13.3 Å². The van der Waals surface area contributed by atoms with E-state index in [4.69, 9.17) is 9.84 Å². The number of rotatable bonds is 5. The predicted molar refractivity (Wildman–Crippen MR) is 83.8 cm³/mol. The lowest BCUT2D eigenvalue weighted by atomic mass is 10.0. The topological polar surface area (TPSA) is 63.6 Å². The van der Waals surface area contributed by atoms with Crippen LogP contribution in [0.1, 0.15) is 23.7 Å². The normalized spacial score (nSPS) is 10.9. The number of benzene rings is 2. The van der Waals surface area contributed by atoms with Gasteiger partial charge in [0.2, 0.25) is 0 Å². The van der Waals surface area contributed by atoms with Gasteiger partial charge in [-0.3, -0.25) is 0 Å². The molecule has 0 heterocycles. The van der Waals surface area contributed by atoms with Crippen molar-refractivity contribution < 1.29 is 32.6 Å². The first-order chi connectivity index (χ1) is 11.8. The maximum Gasteiger partial charge on any atom is 0.335 e. The van der Waals surface area contributed by atoms with Crippen LogP contribution in [0, 0.1) is 17.5 Å². The van der Waals surface area contributed by atoms with Crippen LogP contribution in [0.5, 0.6) is 5.75 Å². The van der Waals surface area contributed by atoms with Crippen molar-refractivity contribution in [2.75, 3.05) is 0 Å². The Balaban J connectivity index is 2.59. The second kappa shape index (κ2) is 7.65. The first-order valence-corrected chi connectivity index (χ1v) is 7.24. The van der Waals surface area contributed by atoms with Crippen LogP contribution >= 0.6 is 0 Å².